The smallest absolute Gasteiger partial charge is 0.122 e. The Morgan fingerprint density at radius 1 is 1.28 bits per heavy atom. The molecular weight excluding hydrogens is 224 g/mol. The van der Waals surface area contributed by atoms with Crippen molar-refractivity contribution >= 4 is 0 Å². The largest absolute Gasteiger partial charge is 0.468 e. The van der Waals surface area contributed by atoms with Gasteiger partial charge in [-0.05, 0) is 26.0 Å². The summed E-state index contributed by atoms with van der Waals surface area (Å²) in [5, 5.41) is 3.41. The third-order valence-corrected chi connectivity index (χ3v) is 3.50. The van der Waals surface area contributed by atoms with Crippen LogP contribution in [0, 0.1) is 0 Å². The molecule has 1 unspecified atom stereocenters. The van der Waals surface area contributed by atoms with E-state index in [1.807, 2.05) is 0 Å². The van der Waals surface area contributed by atoms with Gasteiger partial charge in [-0.1, -0.05) is 27.7 Å². The van der Waals surface area contributed by atoms with Crippen LogP contribution in [0.2, 0.25) is 0 Å². The summed E-state index contributed by atoms with van der Waals surface area (Å²) in [6, 6.07) is 3.21. The van der Waals surface area contributed by atoms with Gasteiger partial charge in [0, 0.05) is 24.2 Å². The van der Waals surface area contributed by atoms with Crippen LogP contribution in [-0.4, -0.2) is 23.5 Å². The predicted octanol–water partition coefficient (Wildman–Crippen LogP) is 3.40. The molecule has 0 saturated heterocycles. The lowest BCUT2D eigenvalue weighted by Crippen LogP contribution is -2.32. The van der Waals surface area contributed by atoms with Gasteiger partial charge in [0.1, 0.15) is 5.76 Å². The van der Waals surface area contributed by atoms with Gasteiger partial charge in [-0.3, -0.25) is 4.90 Å². The topological polar surface area (TPSA) is 28.4 Å². The van der Waals surface area contributed by atoms with Gasteiger partial charge in [-0.25, -0.2) is 0 Å². The van der Waals surface area contributed by atoms with Crippen LogP contribution >= 0.6 is 0 Å². The van der Waals surface area contributed by atoms with Crippen LogP contribution in [0.4, 0.5) is 0 Å². The number of nitrogens with one attached hydrogen (secondary N) is 1. The van der Waals surface area contributed by atoms with E-state index >= 15 is 0 Å². The fourth-order valence-electron chi connectivity index (χ4n) is 2.02. The molecule has 104 valence electrons. The zero-order chi connectivity index (χ0) is 13.5. The number of furan rings is 1. The zero-order valence-corrected chi connectivity index (χ0v) is 12.5. The number of hydrogen-bond acceptors (Lipinski definition) is 3. The van der Waals surface area contributed by atoms with E-state index in [-0.39, 0.29) is 0 Å². The van der Waals surface area contributed by atoms with E-state index < -0.39 is 0 Å². The first-order valence-corrected chi connectivity index (χ1v) is 7.11. The molecule has 0 aliphatic carbocycles. The summed E-state index contributed by atoms with van der Waals surface area (Å²) in [7, 11) is 0. The molecule has 0 fully saturated rings. The summed E-state index contributed by atoms with van der Waals surface area (Å²) < 4.78 is 5.58. The van der Waals surface area contributed by atoms with Crippen LogP contribution in [0.25, 0.3) is 0 Å². The van der Waals surface area contributed by atoms with E-state index in [2.05, 4.69) is 50.9 Å². The highest BCUT2D eigenvalue weighted by molar-refractivity contribution is 5.17. The number of nitrogens with zero attached hydrogens (tertiary/aromatic N) is 1. The quantitative estimate of drug-likeness (QED) is 0.768. The minimum Gasteiger partial charge on any atom is -0.468 e. The molecule has 3 nitrogen and oxygen atoms in total. The SMILES string of the molecule is CCC(C)N(CC)Cc1ccoc1CNC(C)C. The normalized spacial score (nSPS) is 13.5. The molecule has 0 aliphatic heterocycles. The van der Waals surface area contributed by atoms with E-state index in [1.165, 1.54) is 12.0 Å². The summed E-state index contributed by atoms with van der Waals surface area (Å²) in [4.78, 5) is 2.49. The van der Waals surface area contributed by atoms with Gasteiger partial charge in [-0.2, -0.15) is 0 Å². The van der Waals surface area contributed by atoms with E-state index in [1.54, 1.807) is 6.26 Å². The van der Waals surface area contributed by atoms with Crippen molar-refractivity contribution in [3.05, 3.63) is 23.7 Å². The minimum atomic E-state index is 0.486. The van der Waals surface area contributed by atoms with Crippen molar-refractivity contribution in [3.63, 3.8) is 0 Å². The van der Waals surface area contributed by atoms with Crippen molar-refractivity contribution in [2.24, 2.45) is 0 Å². The highest BCUT2D eigenvalue weighted by atomic mass is 16.3. The van der Waals surface area contributed by atoms with E-state index in [9.17, 15) is 0 Å². The van der Waals surface area contributed by atoms with E-state index in [0.717, 1.165) is 25.4 Å². The summed E-state index contributed by atoms with van der Waals surface area (Å²) in [6.07, 6.45) is 2.99. The van der Waals surface area contributed by atoms with E-state index in [0.29, 0.717) is 12.1 Å². The van der Waals surface area contributed by atoms with Gasteiger partial charge in [0.2, 0.25) is 0 Å². The zero-order valence-electron chi connectivity index (χ0n) is 12.5. The lowest BCUT2D eigenvalue weighted by Gasteiger charge is -2.26. The van der Waals surface area contributed by atoms with Gasteiger partial charge in [0.25, 0.3) is 0 Å². The molecule has 1 rings (SSSR count). The Morgan fingerprint density at radius 3 is 2.56 bits per heavy atom. The van der Waals surface area contributed by atoms with Crippen molar-refractivity contribution in [1.82, 2.24) is 10.2 Å². The second-order valence-corrected chi connectivity index (χ2v) is 5.22. The molecule has 1 N–H and O–H groups in total. The Labute approximate surface area is 112 Å². The number of rotatable bonds is 8. The Bertz CT molecular complexity index is 333. The molecule has 0 aromatic carbocycles. The average Bonchev–Trinajstić information content (AvgIpc) is 2.79. The van der Waals surface area contributed by atoms with Crippen molar-refractivity contribution in [1.29, 1.82) is 0 Å². The molecule has 0 amide bonds. The summed E-state index contributed by atoms with van der Waals surface area (Å²) in [6.45, 7) is 13.9. The monoisotopic (exact) mass is 252 g/mol. The van der Waals surface area contributed by atoms with Crippen molar-refractivity contribution in [3.8, 4) is 0 Å². The van der Waals surface area contributed by atoms with E-state index in [4.69, 9.17) is 4.42 Å². The van der Waals surface area contributed by atoms with Crippen LogP contribution in [0.1, 0.15) is 52.4 Å². The van der Waals surface area contributed by atoms with Crippen LogP contribution in [0.15, 0.2) is 16.7 Å². The first kappa shape index (κ1) is 15.3. The van der Waals surface area contributed by atoms with Gasteiger partial charge >= 0.3 is 0 Å². The molecule has 0 bridgehead atoms. The molecule has 18 heavy (non-hydrogen) atoms. The summed E-state index contributed by atoms with van der Waals surface area (Å²) in [5.74, 6) is 1.07. The summed E-state index contributed by atoms with van der Waals surface area (Å²) in [5.41, 5.74) is 1.31. The Hall–Kier alpha value is -0.800. The second-order valence-electron chi connectivity index (χ2n) is 5.22. The van der Waals surface area contributed by atoms with Gasteiger partial charge in [0.05, 0.1) is 12.8 Å². The van der Waals surface area contributed by atoms with Crippen molar-refractivity contribution in [2.45, 2.75) is 66.2 Å². The maximum absolute atomic E-state index is 5.58. The first-order valence-electron chi connectivity index (χ1n) is 7.11. The molecule has 3 heteroatoms. The average molecular weight is 252 g/mol. The van der Waals surface area contributed by atoms with Gasteiger partial charge < -0.3 is 9.73 Å². The maximum atomic E-state index is 5.58. The molecule has 1 atom stereocenters. The van der Waals surface area contributed by atoms with Crippen LogP contribution < -0.4 is 5.32 Å². The summed E-state index contributed by atoms with van der Waals surface area (Å²) >= 11 is 0. The predicted molar refractivity (Wildman–Crippen MR) is 76.5 cm³/mol. The van der Waals surface area contributed by atoms with Gasteiger partial charge in [-0.15, -0.1) is 0 Å². The molecule has 1 heterocycles. The lowest BCUT2D eigenvalue weighted by atomic mass is 10.1. The van der Waals surface area contributed by atoms with Crippen LogP contribution in [0.3, 0.4) is 0 Å². The third-order valence-electron chi connectivity index (χ3n) is 3.50. The molecule has 0 saturated carbocycles. The molecule has 0 radical (unpaired) electrons. The van der Waals surface area contributed by atoms with Crippen LogP contribution in [0.5, 0.6) is 0 Å². The third kappa shape index (κ3) is 4.46. The maximum Gasteiger partial charge on any atom is 0.122 e. The van der Waals surface area contributed by atoms with Crippen molar-refractivity contribution < 1.29 is 4.42 Å². The lowest BCUT2D eigenvalue weighted by molar-refractivity contribution is 0.204. The molecular formula is C15H28N2O. The Morgan fingerprint density at radius 2 is 2.00 bits per heavy atom. The Balaban J connectivity index is 2.63. The molecule has 1 aromatic rings. The molecule has 1 aromatic heterocycles. The second kappa shape index (κ2) is 7.59. The fourth-order valence-corrected chi connectivity index (χ4v) is 2.02. The molecule has 0 aliphatic rings. The fraction of sp³-hybridized carbons (Fsp3) is 0.733. The van der Waals surface area contributed by atoms with Crippen molar-refractivity contribution in [2.75, 3.05) is 6.54 Å². The highest BCUT2D eigenvalue weighted by Crippen LogP contribution is 2.16. The minimum absolute atomic E-state index is 0.486. The van der Waals surface area contributed by atoms with Crippen LogP contribution in [-0.2, 0) is 13.1 Å². The Kier molecular flexibility index (Phi) is 6.44. The first-order chi connectivity index (χ1) is 8.58. The van der Waals surface area contributed by atoms with Gasteiger partial charge in [0.15, 0.2) is 0 Å². The highest BCUT2D eigenvalue weighted by Gasteiger charge is 2.14. The number of hydrogen-bond donors (Lipinski definition) is 1. The standard InChI is InChI=1S/C15H28N2O/c1-6-13(5)17(7-2)11-14-8-9-18-15(14)10-16-12(3)4/h8-9,12-13,16H,6-7,10-11H2,1-5H3. The molecule has 0 spiro atoms.